The van der Waals surface area contributed by atoms with Crippen LogP contribution in [-0.4, -0.2) is 36.2 Å². The van der Waals surface area contributed by atoms with Crippen molar-refractivity contribution in [3.63, 3.8) is 0 Å². The number of amides is 1. The lowest BCUT2D eigenvalue weighted by molar-refractivity contribution is -0.118. The minimum absolute atomic E-state index is 0.227. The van der Waals surface area contributed by atoms with Crippen LogP contribution in [0.3, 0.4) is 0 Å². The molecule has 1 aromatic heterocycles. The first-order chi connectivity index (χ1) is 16.1. The van der Waals surface area contributed by atoms with Gasteiger partial charge in [-0.3, -0.25) is 9.59 Å². The summed E-state index contributed by atoms with van der Waals surface area (Å²) < 4.78 is 16.5. The van der Waals surface area contributed by atoms with Gasteiger partial charge in [0.15, 0.2) is 18.1 Å². The summed E-state index contributed by atoms with van der Waals surface area (Å²) >= 11 is 0. The Balaban J connectivity index is 1.50. The van der Waals surface area contributed by atoms with Crippen molar-refractivity contribution in [2.24, 2.45) is 0 Å². The van der Waals surface area contributed by atoms with Crippen molar-refractivity contribution in [1.29, 1.82) is 0 Å². The third kappa shape index (κ3) is 5.12. The number of methoxy groups -OCH3 is 1. The van der Waals surface area contributed by atoms with Crippen LogP contribution in [-0.2, 0) is 4.79 Å². The van der Waals surface area contributed by atoms with Gasteiger partial charge in [0, 0.05) is 11.3 Å². The summed E-state index contributed by atoms with van der Waals surface area (Å²) in [6, 6.07) is 19.3. The summed E-state index contributed by atoms with van der Waals surface area (Å²) in [5.74, 6) is 1.60. The van der Waals surface area contributed by atoms with Gasteiger partial charge in [-0.1, -0.05) is 12.1 Å². The molecule has 3 aromatic carbocycles. The second-order valence-electron chi connectivity index (χ2n) is 7.09. The third-order valence-electron chi connectivity index (χ3n) is 4.86. The van der Waals surface area contributed by atoms with Crippen molar-refractivity contribution in [3.8, 4) is 28.6 Å². The predicted molar refractivity (Wildman–Crippen MR) is 126 cm³/mol. The van der Waals surface area contributed by atoms with Gasteiger partial charge in [-0.2, -0.15) is 0 Å². The van der Waals surface area contributed by atoms with Gasteiger partial charge in [0.25, 0.3) is 11.5 Å². The molecule has 0 radical (unpaired) electrons. The predicted octanol–water partition coefficient (Wildman–Crippen LogP) is 4.01. The minimum atomic E-state index is -0.330. The van der Waals surface area contributed by atoms with E-state index < -0.39 is 0 Å². The van der Waals surface area contributed by atoms with E-state index in [1.54, 1.807) is 60.7 Å². The Hall–Kier alpha value is -4.33. The maximum absolute atomic E-state index is 12.4. The maximum Gasteiger partial charge on any atom is 0.262 e. The Morgan fingerprint density at radius 1 is 1.00 bits per heavy atom. The molecule has 0 aliphatic carbocycles. The number of benzene rings is 3. The molecule has 0 bridgehead atoms. The molecule has 8 heteroatoms. The van der Waals surface area contributed by atoms with Crippen LogP contribution in [0.1, 0.15) is 6.92 Å². The Labute approximate surface area is 190 Å². The second kappa shape index (κ2) is 9.86. The van der Waals surface area contributed by atoms with Crippen LogP contribution < -0.4 is 25.1 Å². The monoisotopic (exact) mass is 445 g/mol. The van der Waals surface area contributed by atoms with E-state index in [2.05, 4.69) is 15.3 Å². The molecule has 33 heavy (non-hydrogen) atoms. The number of nitrogens with one attached hydrogen (secondary N) is 2. The van der Waals surface area contributed by atoms with E-state index in [4.69, 9.17) is 14.2 Å². The van der Waals surface area contributed by atoms with Gasteiger partial charge in [-0.05, 0) is 61.5 Å². The largest absolute Gasteiger partial charge is 0.494 e. The lowest BCUT2D eigenvalue weighted by Gasteiger charge is -2.13. The van der Waals surface area contributed by atoms with Gasteiger partial charge in [0.1, 0.15) is 11.6 Å². The highest BCUT2D eigenvalue weighted by Gasteiger charge is 2.12. The highest BCUT2D eigenvalue weighted by molar-refractivity contribution is 5.92. The van der Waals surface area contributed by atoms with Crippen LogP contribution in [0.4, 0.5) is 5.69 Å². The average molecular weight is 445 g/mol. The first kappa shape index (κ1) is 21.9. The number of anilines is 1. The topological polar surface area (TPSA) is 103 Å². The lowest BCUT2D eigenvalue weighted by atomic mass is 10.1. The number of aromatic amines is 1. The molecule has 0 atom stereocenters. The molecule has 1 heterocycles. The van der Waals surface area contributed by atoms with Gasteiger partial charge in [-0.25, -0.2) is 4.98 Å². The number of rotatable bonds is 8. The zero-order valence-corrected chi connectivity index (χ0v) is 18.3. The highest BCUT2D eigenvalue weighted by Crippen LogP contribution is 2.31. The number of nitrogens with zero attached hydrogens (tertiary/aromatic N) is 1. The van der Waals surface area contributed by atoms with Crippen molar-refractivity contribution in [3.05, 3.63) is 77.1 Å². The van der Waals surface area contributed by atoms with Crippen LogP contribution in [0.25, 0.3) is 22.3 Å². The second-order valence-corrected chi connectivity index (χ2v) is 7.09. The van der Waals surface area contributed by atoms with Crippen LogP contribution >= 0.6 is 0 Å². The summed E-state index contributed by atoms with van der Waals surface area (Å²) in [7, 11) is 1.51. The van der Waals surface area contributed by atoms with Crippen LogP contribution in [0.15, 0.2) is 71.5 Å². The number of carbonyl (C=O) groups excluding carboxylic acids is 1. The van der Waals surface area contributed by atoms with E-state index in [0.717, 1.165) is 5.75 Å². The molecule has 0 aliphatic rings. The Morgan fingerprint density at radius 2 is 1.79 bits per heavy atom. The number of H-pyrrole nitrogens is 1. The molecule has 0 saturated heterocycles. The van der Waals surface area contributed by atoms with Gasteiger partial charge >= 0.3 is 0 Å². The summed E-state index contributed by atoms with van der Waals surface area (Å²) in [5.41, 5.74) is 1.61. The number of hydrogen-bond donors (Lipinski definition) is 2. The molecule has 0 aliphatic heterocycles. The summed E-state index contributed by atoms with van der Waals surface area (Å²) in [6.45, 7) is 2.25. The quantitative estimate of drug-likeness (QED) is 0.425. The van der Waals surface area contributed by atoms with Crippen LogP contribution in [0, 0.1) is 0 Å². The van der Waals surface area contributed by atoms with Crippen molar-refractivity contribution in [2.75, 3.05) is 25.6 Å². The number of hydrogen-bond acceptors (Lipinski definition) is 6. The lowest BCUT2D eigenvalue weighted by Crippen LogP contribution is -2.20. The number of carbonyl (C=O) groups is 1. The number of para-hydroxylation sites is 1. The van der Waals surface area contributed by atoms with Gasteiger partial charge in [0.05, 0.1) is 24.6 Å². The molecule has 0 spiro atoms. The van der Waals surface area contributed by atoms with E-state index in [9.17, 15) is 9.59 Å². The van der Waals surface area contributed by atoms with E-state index in [1.807, 2.05) is 13.0 Å². The fraction of sp³-hybridized carbons (Fsp3) is 0.160. The van der Waals surface area contributed by atoms with E-state index >= 15 is 0 Å². The van der Waals surface area contributed by atoms with Crippen molar-refractivity contribution >= 4 is 22.5 Å². The Bertz CT molecular complexity index is 1330. The molecular formula is C25H23N3O5. The standard InChI is InChI=1S/C25H23N3O5/c1-3-32-18-11-9-17(10-12-18)26-23(29)15-33-22-14-16(8-13-21(22)31-2)24-27-20-7-5-4-6-19(20)25(30)28-24/h4-14H,3,15H2,1-2H3,(H,26,29)(H,27,28,30). The summed E-state index contributed by atoms with van der Waals surface area (Å²) in [4.78, 5) is 32.1. The van der Waals surface area contributed by atoms with E-state index in [1.165, 1.54) is 7.11 Å². The zero-order chi connectivity index (χ0) is 23.2. The van der Waals surface area contributed by atoms with Gasteiger partial charge in [0.2, 0.25) is 0 Å². The highest BCUT2D eigenvalue weighted by atomic mass is 16.5. The molecule has 0 fully saturated rings. The normalized spacial score (nSPS) is 10.6. The van der Waals surface area contributed by atoms with E-state index in [0.29, 0.717) is 46.1 Å². The summed E-state index contributed by atoms with van der Waals surface area (Å²) in [5, 5.41) is 3.28. The molecule has 0 unspecified atom stereocenters. The number of fused-ring (bicyclic) bond motifs is 1. The molecule has 4 rings (SSSR count). The molecule has 0 saturated carbocycles. The van der Waals surface area contributed by atoms with E-state index in [-0.39, 0.29) is 18.1 Å². The van der Waals surface area contributed by atoms with Gasteiger partial charge < -0.3 is 24.5 Å². The number of ether oxygens (including phenoxy) is 3. The average Bonchev–Trinajstić information content (AvgIpc) is 2.84. The number of aromatic nitrogens is 2. The molecule has 4 aromatic rings. The third-order valence-corrected chi connectivity index (χ3v) is 4.86. The first-order valence-corrected chi connectivity index (χ1v) is 10.4. The van der Waals surface area contributed by atoms with Crippen LogP contribution in [0.2, 0.25) is 0 Å². The molecule has 1 amide bonds. The first-order valence-electron chi connectivity index (χ1n) is 10.4. The fourth-order valence-electron chi connectivity index (χ4n) is 3.30. The molecule has 2 N–H and O–H groups in total. The smallest absolute Gasteiger partial charge is 0.262 e. The zero-order valence-electron chi connectivity index (χ0n) is 18.3. The van der Waals surface area contributed by atoms with Crippen molar-refractivity contribution in [1.82, 2.24) is 9.97 Å². The van der Waals surface area contributed by atoms with Crippen molar-refractivity contribution < 1.29 is 19.0 Å². The molecular weight excluding hydrogens is 422 g/mol. The van der Waals surface area contributed by atoms with Crippen LogP contribution in [0.5, 0.6) is 17.2 Å². The Kier molecular flexibility index (Phi) is 6.54. The minimum Gasteiger partial charge on any atom is -0.494 e. The van der Waals surface area contributed by atoms with Crippen molar-refractivity contribution in [2.45, 2.75) is 6.92 Å². The Morgan fingerprint density at radius 3 is 2.55 bits per heavy atom. The van der Waals surface area contributed by atoms with Gasteiger partial charge in [-0.15, -0.1) is 0 Å². The molecule has 168 valence electrons. The molecule has 8 nitrogen and oxygen atoms in total. The fourth-order valence-corrected chi connectivity index (χ4v) is 3.30. The maximum atomic E-state index is 12.4. The SMILES string of the molecule is CCOc1ccc(NC(=O)COc2cc(-c3nc4ccccc4c(=O)[nH]3)ccc2OC)cc1. The summed E-state index contributed by atoms with van der Waals surface area (Å²) in [6.07, 6.45) is 0.